The second-order valence-corrected chi connectivity index (χ2v) is 10.7. The number of hydrogen-bond donors (Lipinski definition) is 3. The van der Waals surface area contributed by atoms with Crippen LogP contribution in [-0.4, -0.2) is 93.8 Å². The summed E-state index contributed by atoms with van der Waals surface area (Å²) < 4.78 is 74.9. The molecule has 0 aliphatic carbocycles. The molecule has 3 aliphatic heterocycles. The molecule has 17 heteroatoms. The molecule has 244 valence electrons. The summed E-state index contributed by atoms with van der Waals surface area (Å²) in [4.78, 5) is 34.4. The summed E-state index contributed by atoms with van der Waals surface area (Å²) in [5.74, 6) is -4.13. The maximum Gasteiger partial charge on any atom is 0.490 e. The van der Waals surface area contributed by atoms with Crippen molar-refractivity contribution in [2.45, 2.75) is 57.1 Å². The zero-order chi connectivity index (χ0) is 32.5. The first-order chi connectivity index (χ1) is 20.6. The van der Waals surface area contributed by atoms with Gasteiger partial charge in [0, 0.05) is 50.8 Å². The highest BCUT2D eigenvalue weighted by Gasteiger charge is 2.45. The highest BCUT2D eigenvalue weighted by molar-refractivity contribution is 5.73. The number of aryl methyl sites for hydroxylation is 1. The number of aliphatic carboxylic acids is 2. The zero-order valence-corrected chi connectivity index (χ0v) is 23.7. The molecule has 44 heavy (non-hydrogen) atoms. The van der Waals surface area contributed by atoms with E-state index >= 15 is 0 Å². The number of aromatic nitrogens is 3. The lowest BCUT2D eigenvalue weighted by Gasteiger charge is -2.34. The summed E-state index contributed by atoms with van der Waals surface area (Å²) in [6, 6.07) is 4.22. The van der Waals surface area contributed by atoms with Gasteiger partial charge in [0.1, 0.15) is 0 Å². The molecule has 5 rings (SSSR count). The molecule has 1 unspecified atom stereocenters. The molecule has 0 radical (unpaired) electrons. The van der Waals surface area contributed by atoms with Gasteiger partial charge in [-0.2, -0.15) is 26.3 Å². The van der Waals surface area contributed by atoms with Gasteiger partial charge in [0.15, 0.2) is 0 Å². The Kier molecular flexibility index (Phi) is 11.9. The van der Waals surface area contributed by atoms with Crippen molar-refractivity contribution >= 4 is 17.9 Å². The molecule has 2 fully saturated rings. The van der Waals surface area contributed by atoms with Crippen molar-refractivity contribution in [2.24, 2.45) is 5.92 Å². The van der Waals surface area contributed by atoms with E-state index in [0.29, 0.717) is 12.5 Å². The number of fused-ring (bicyclic) bond motifs is 2. The third kappa shape index (κ3) is 10.3. The van der Waals surface area contributed by atoms with Crippen LogP contribution in [0.15, 0.2) is 24.5 Å². The normalized spacial score (nSPS) is 20.5. The van der Waals surface area contributed by atoms with Gasteiger partial charge < -0.3 is 25.0 Å². The number of nitrogens with one attached hydrogen (secondary N) is 1. The highest BCUT2D eigenvalue weighted by Crippen LogP contribution is 2.39. The van der Waals surface area contributed by atoms with Crippen molar-refractivity contribution in [1.29, 1.82) is 0 Å². The fraction of sp³-hybridized carbons (Fsp3) is 0.593. The van der Waals surface area contributed by atoms with Crippen molar-refractivity contribution in [2.75, 3.05) is 44.8 Å². The summed E-state index contributed by atoms with van der Waals surface area (Å²) in [7, 11) is 0. The molecule has 3 N–H and O–H groups in total. The standard InChI is InChI=1S/C23H31N5O2.2C2HF3O2/c1-17-2-6-24-20(10-17)13-28-7-5-23(15-28)16-30-14-19-12-26-22(27-21(19)23)25-11-18-3-8-29-9-4-18;2*3-2(4,5)1(6)7/h2,6,10,12,18H,3-5,7-9,11,13-16H2,1H3,(H,25,26,27);2*(H,6,7). The van der Waals surface area contributed by atoms with Gasteiger partial charge in [0.25, 0.3) is 0 Å². The molecule has 1 spiro atoms. The van der Waals surface area contributed by atoms with Gasteiger partial charge in [-0.1, -0.05) is 0 Å². The minimum Gasteiger partial charge on any atom is -0.475 e. The summed E-state index contributed by atoms with van der Waals surface area (Å²) >= 11 is 0. The number of anilines is 1. The SMILES string of the molecule is Cc1ccnc(CN2CCC3(COCc4cnc(NCC5CCOCC5)nc43)C2)c1.O=C(O)C(F)(F)F.O=C(O)C(F)(F)F. The van der Waals surface area contributed by atoms with Gasteiger partial charge in [-0.3, -0.25) is 9.88 Å². The van der Waals surface area contributed by atoms with Crippen LogP contribution in [0.4, 0.5) is 32.3 Å². The molecule has 0 aromatic carbocycles. The third-order valence-corrected chi connectivity index (χ3v) is 7.17. The predicted molar refractivity (Wildman–Crippen MR) is 142 cm³/mol. The number of carboxylic acids is 2. The Labute approximate surface area is 248 Å². The van der Waals surface area contributed by atoms with E-state index in [9.17, 15) is 26.3 Å². The molecule has 1 atom stereocenters. The van der Waals surface area contributed by atoms with E-state index in [1.54, 1.807) is 0 Å². The third-order valence-electron chi connectivity index (χ3n) is 7.17. The predicted octanol–water partition coefficient (Wildman–Crippen LogP) is 3.96. The van der Waals surface area contributed by atoms with Crippen LogP contribution in [0.5, 0.6) is 0 Å². The number of alkyl halides is 6. The lowest BCUT2D eigenvalue weighted by Crippen LogP contribution is -2.40. The van der Waals surface area contributed by atoms with Crippen molar-refractivity contribution in [3.63, 3.8) is 0 Å². The average molecular weight is 638 g/mol. The van der Waals surface area contributed by atoms with Gasteiger partial charge in [-0.25, -0.2) is 19.6 Å². The summed E-state index contributed by atoms with van der Waals surface area (Å²) in [5.41, 5.74) is 4.65. The van der Waals surface area contributed by atoms with E-state index in [4.69, 9.17) is 34.3 Å². The van der Waals surface area contributed by atoms with Crippen LogP contribution < -0.4 is 5.32 Å². The topological polar surface area (TPSA) is 147 Å². The quantitative estimate of drug-likeness (QED) is 0.410. The zero-order valence-electron chi connectivity index (χ0n) is 23.7. The van der Waals surface area contributed by atoms with Crippen LogP contribution in [-0.2, 0) is 37.6 Å². The van der Waals surface area contributed by atoms with Gasteiger partial charge in [-0.15, -0.1) is 0 Å². The fourth-order valence-electron chi connectivity index (χ4n) is 4.99. The first kappa shape index (κ1) is 34.9. The Morgan fingerprint density at radius 1 is 1.07 bits per heavy atom. The smallest absolute Gasteiger partial charge is 0.475 e. The Bertz CT molecular complexity index is 1250. The average Bonchev–Trinajstić information content (AvgIpc) is 3.35. The minimum atomic E-state index is -5.08. The van der Waals surface area contributed by atoms with Crippen LogP contribution in [0.25, 0.3) is 0 Å². The number of halogens is 6. The molecule has 2 saturated heterocycles. The molecule has 2 aromatic heterocycles. The second-order valence-electron chi connectivity index (χ2n) is 10.7. The van der Waals surface area contributed by atoms with E-state index in [-0.39, 0.29) is 5.41 Å². The molecule has 5 heterocycles. The number of ether oxygens (including phenoxy) is 2. The molecule has 11 nitrogen and oxygen atoms in total. The van der Waals surface area contributed by atoms with Crippen LogP contribution in [0.2, 0.25) is 0 Å². The number of rotatable bonds is 5. The van der Waals surface area contributed by atoms with E-state index in [1.807, 2.05) is 18.5 Å². The van der Waals surface area contributed by atoms with Gasteiger partial charge in [-0.05, 0) is 56.3 Å². The van der Waals surface area contributed by atoms with E-state index in [1.165, 1.54) is 11.3 Å². The van der Waals surface area contributed by atoms with Gasteiger partial charge in [0.05, 0.1) is 30.0 Å². The molecular weight excluding hydrogens is 604 g/mol. The van der Waals surface area contributed by atoms with E-state index in [0.717, 1.165) is 82.5 Å². The van der Waals surface area contributed by atoms with Crippen molar-refractivity contribution < 1.29 is 55.6 Å². The molecule has 0 bridgehead atoms. The highest BCUT2D eigenvalue weighted by atomic mass is 19.4. The molecular formula is C27H33F6N5O6. The van der Waals surface area contributed by atoms with E-state index < -0.39 is 24.3 Å². The Morgan fingerprint density at radius 3 is 2.30 bits per heavy atom. The van der Waals surface area contributed by atoms with Crippen molar-refractivity contribution in [3.8, 4) is 0 Å². The number of nitrogens with zero attached hydrogens (tertiary/aromatic N) is 4. The maximum absolute atomic E-state index is 10.6. The molecule has 0 amide bonds. The number of likely N-dealkylation sites (tertiary alicyclic amines) is 1. The largest absolute Gasteiger partial charge is 0.490 e. The Balaban J connectivity index is 0.000000317. The van der Waals surface area contributed by atoms with Crippen LogP contribution in [0.3, 0.4) is 0 Å². The second kappa shape index (κ2) is 14.9. The van der Waals surface area contributed by atoms with E-state index in [2.05, 4.69) is 33.2 Å². The first-order valence-electron chi connectivity index (χ1n) is 13.6. The van der Waals surface area contributed by atoms with Crippen molar-refractivity contribution in [3.05, 3.63) is 47.0 Å². The number of carbonyl (C=O) groups is 2. The molecule has 0 saturated carbocycles. The number of hydrogen-bond acceptors (Lipinski definition) is 9. The lowest BCUT2D eigenvalue weighted by atomic mass is 9.80. The minimum absolute atomic E-state index is 0.0462. The van der Waals surface area contributed by atoms with Gasteiger partial charge in [0.2, 0.25) is 5.95 Å². The van der Waals surface area contributed by atoms with Crippen LogP contribution in [0.1, 0.15) is 41.8 Å². The van der Waals surface area contributed by atoms with Crippen molar-refractivity contribution in [1.82, 2.24) is 19.9 Å². The monoisotopic (exact) mass is 637 g/mol. The lowest BCUT2D eigenvalue weighted by molar-refractivity contribution is -0.193. The summed E-state index contributed by atoms with van der Waals surface area (Å²) in [5, 5.41) is 17.7. The van der Waals surface area contributed by atoms with Gasteiger partial charge >= 0.3 is 24.3 Å². The summed E-state index contributed by atoms with van der Waals surface area (Å²) in [6.45, 7) is 8.96. The summed E-state index contributed by atoms with van der Waals surface area (Å²) in [6.07, 6.45) is -3.03. The number of carboxylic acid groups (broad SMARTS) is 2. The van der Waals surface area contributed by atoms with Crippen LogP contribution in [0, 0.1) is 12.8 Å². The fourth-order valence-corrected chi connectivity index (χ4v) is 4.99. The molecule has 2 aromatic rings. The molecule has 3 aliphatic rings. The number of pyridine rings is 1. The Hall–Kier alpha value is -3.57. The Morgan fingerprint density at radius 2 is 1.70 bits per heavy atom. The first-order valence-corrected chi connectivity index (χ1v) is 13.6. The van der Waals surface area contributed by atoms with Crippen LogP contribution >= 0.6 is 0 Å². The maximum atomic E-state index is 10.6.